The van der Waals surface area contributed by atoms with Gasteiger partial charge in [-0.15, -0.1) is 0 Å². The molecule has 1 unspecified atom stereocenters. The second kappa shape index (κ2) is 2.81. The number of nitriles is 1. The highest BCUT2D eigenvalue weighted by Crippen LogP contribution is 2.39. The molecule has 2 heteroatoms. The van der Waals surface area contributed by atoms with Gasteiger partial charge in [0.25, 0.3) is 0 Å². The third-order valence-electron chi connectivity index (χ3n) is 2.50. The van der Waals surface area contributed by atoms with Crippen LogP contribution in [0.15, 0.2) is 0 Å². The lowest BCUT2D eigenvalue weighted by atomic mass is 9.71. The largest absolute Gasteiger partial charge is 0.243 e. The highest BCUT2D eigenvalue weighted by molar-refractivity contribution is 5.00. The molecule has 1 atom stereocenters. The number of hydrogen-bond donors (Lipinski definition) is 0. The summed E-state index contributed by atoms with van der Waals surface area (Å²) in [5.74, 6) is -0.0729. The molecule has 1 saturated carbocycles. The lowest BCUT2D eigenvalue weighted by Gasteiger charge is -2.34. The molecule has 0 saturated heterocycles. The fourth-order valence-electron chi connectivity index (χ4n) is 1.59. The second-order valence-corrected chi connectivity index (χ2v) is 3.86. The van der Waals surface area contributed by atoms with Crippen molar-refractivity contribution in [1.82, 2.24) is 0 Å². The van der Waals surface area contributed by atoms with Crippen LogP contribution in [0.25, 0.3) is 0 Å². The van der Waals surface area contributed by atoms with Crippen molar-refractivity contribution >= 4 is 0 Å². The van der Waals surface area contributed by atoms with E-state index in [0.717, 1.165) is 12.8 Å². The molecule has 1 aliphatic carbocycles. The minimum Gasteiger partial charge on any atom is -0.243 e. The standard InChI is InChI=1S/C9H14FN/c1-9(2,10)8(6-11)7-4-3-5-7/h7-8H,3-5H2,1-2H3. The van der Waals surface area contributed by atoms with E-state index in [4.69, 9.17) is 5.26 Å². The van der Waals surface area contributed by atoms with E-state index in [1.807, 2.05) is 0 Å². The maximum absolute atomic E-state index is 13.3. The maximum atomic E-state index is 13.3. The van der Waals surface area contributed by atoms with Crippen LogP contribution in [0, 0.1) is 23.2 Å². The maximum Gasteiger partial charge on any atom is 0.121 e. The van der Waals surface area contributed by atoms with Crippen molar-refractivity contribution in [2.75, 3.05) is 0 Å². The Morgan fingerprint density at radius 3 is 2.18 bits per heavy atom. The summed E-state index contributed by atoms with van der Waals surface area (Å²) in [6.45, 7) is 3.00. The van der Waals surface area contributed by atoms with Crippen molar-refractivity contribution in [3.05, 3.63) is 0 Å². The minimum absolute atomic E-state index is 0.319. The van der Waals surface area contributed by atoms with Gasteiger partial charge in [0, 0.05) is 0 Å². The summed E-state index contributed by atoms with van der Waals surface area (Å²) in [6, 6.07) is 2.07. The average molecular weight is 155 g/mol. The molecule has 0 aliphatic heterocycles. The predicted octanol–water partition coefficient (Wildman–Crippen LogP) is 2.67. The summed E-state index contributed by atoms with van der Waals surface area (Å²) in [5, 5.41) is 8.71. The van der Waals surface area contributed by atoms with Gasteiger partial charge in [0.1, 0.15) is 5.67 Å². The van der Waals surface area contributed by atoms with Gasteiger partial charge in [-0.05, 0) is 32.6 Å². The fraction of sp³-hybridized carbons (Fsp3) is 0.889. The van der Waals surface area contributed by atoms with Gasteiger partial charge < -0.3 is 0 Å². The number of hydrogen-bond acceptors (Lipinski definition) is 1. The van der Waals surface area contributed by atoms with Crippen LogP contribution in [0.4, 0.5) is 4.39 Å². The molecule has 0 bridgehead atoms. The molecule has 0 aromatic heterocycles. The van der Waals surface area contributed by atoms with Gasteiger partial charge in [-0.1, -0.05) is 6.42 Å². The van der Waals surface area contributed by atoms with E-state index in [0.29, 0.717) is 5.92 Å². The first kappa shape index (κ1) is 8.52. The molecule has 0 N–H and O–H groups in total. The Labute approximate surface area is 67.2 Å². The topological polar surface area (TPSA) is 23.8 Å². The highest BCUT2D eigenvalue weighted by Gasteiger charge is 2.38. The van der Waals surface area contributed by atoms with Crippen LogP contribution in [0.1, 0.15) is 33.1 Å². The summed E-state index contributed by atoms with van der Waals surface area (Å²) in [5.41, 5.74) is -1.32. The SMILES string of the molecule is CC(C)(F)C(C#N)C1CCC1. The molecule has 1 rings (SSSR count). The lowest BCUT2D eigenvalue weighted by Crippen LogP contribution is -2.34. The normalized spacial score (nSPS) is 22.0. The second-order valence-electron chi connectivity index (χ2n) is 3.86. The van der Waals surface area contributed by atoms with Gasteiger partial charge in [0.05, 0.1) is 12.0 Å². The molecule has 11 heavy (non-hydrogen) atoms. The van der Waals surface area contributed by atoms with Gasteiger partial charge in [-0.2, -0.15) is 5.26 Å². The van der Waals surface area contributed by atoms with E-state index in [-0.39, 0.29) is 0 Å². The zero-order valence-corrected chi connectivity index (χ0v) is 7.10. The van der Waals surface area contributed by atoms with E-state index >= 15 is 0 Å². The molecule has 0 spiro atoms. The monoisotopic (exact) mass is 155 g/mol. The number of rotatable bonds is 2. The average Bonchev–Trinajstić information content (AvgIpc) is 1.74. The molecule has 0 radical (unpaired) electrons. The third-order valence-corrected chi connectivity index (χ3v) is 2.50. The van der Waals surface area contributed by atoms with Gasteiger partial charge in [0.15, 0.2) is 0 Å². The molecule has 0 aromatic rings. The van der Waals surface area contributed by atoms with Crippen LogP contribution in [0.2, 0.25) is 0 Å². The Hall–Kier alpha value is -0.580. The van der Waals surface area contributed by atoms with E-state index in [2.05, 4.69) is 6.07 Å². The Balaban J connectivity index is 2.57. The predicted molar refractivity (Wildman–Crippen MR) is 41.6 cm³/mol. The van der Waals surface area contributed by atoms with Crippen LogP contribution < -0.4 is 0 Å². The molecule has 1 nitrogen and oxygen atoms in total. The van der Waals surface area contributed by atoms with Gasteiger partial charge in [0.2, 0.25) is 0 Å². The van der Waals surface area contributed by atoms with Crippen LogP contribution in [-0.4, -0.2) is 5.67 Å². The van der Waals surface area contributed by atoms with Crippen molar-refractivity contribution in [1.29, 1.82) is 5.26 Å². The lowest BCUT2D eigenvalue weighted by molar-refractivity contribution is 0.0807. The zero-order chi connectivity index (χ0) is 8.48. The number of halogens is 1. The van der Waals surface area contributed by atoms with E-state index in [1.165, 1.54) is 20.3 Å². The molecular weight excluding hydrogens is 141 g/mol. The summed E-state index contributed by atoms with van der Waals surface area (Å²) in [6.07, 6.45) is 3.23. The molecule has 1 fully saturated rings. The van der Waals surface area contributed by atoms with Gasteiger partial charge in [-0.3, -0.25) is 0 Å². The Morgan fingerprint density at radius 2 is 2.09 bits per heavy atom. The fourth-order valence-corrected chi connectivity index (χ4v) is 1.59. The summed E-state index contributed by atoms with van der Waals surface area (Å²) < 4.78 is 13.3. The minimum atomic E-state index is -1.32. The number of nitrogens with zero attached hydrogens (tertiary/aromatic N) is 1. The molecule has 62 valence electrons. The highest BCUT2D eigenvalue weighted by atomic mass is 19.1. The van der Waals surface area contributed by atoms with E-state index in [1.54, 1.807) is 0 Å². The molecule has 0 amide bonds. The summed E-state index contributed by atoms with van der Waals surface area (Å²) in [7, 11) is 0. The Bertz CT molecular complexity index is 171. The van der Waals surface area contributed by atoms with E-state index < -0.39 is 11.6 Å². The van der Waals surface area contributed by atoms with Crippen LogP contribution in [0.5, 0.6) is 0 Å². The van der Waals surface area contributed by atoms with Crippen molar-refractivity contribution in [2.24, 2.45) is 11.8 Å². The Kier molecular flexibility index (Phi) is 2.17. The van der Waals surface area contributed by atoms with Crippen LogP contribution in [0.3, 0.4) is 0 Å². The quantitative estimate of drug-likeness (QED) is 0.601. The first-order valence-corrected chi connectivity index (χ1v) is 4.14. The summed E-state index contributed by atoms with van der Waals surface area (Å²) >= 11 is 0. The third kappa shape index (κ3) is 1.71. The van der Waals surface area contributed by atoms with Crippen molar-refractivity contribution in [3.8, 4) is 6.07 Å². The van der Waals surface area contributed by atoms with Crippen LogP contribution in [-0.2, 0) is 0 Å². The molecule has 0 aromatic carbocycles. The zero-order valence-electron chi connectivity index (χ0n) is 7.10. The first-order chi connectivity index (χ1) is 5.05. The molecule has 0 heterocycles. The summed E-state index contributed by atoms with van der Waals surface area (Å²) in [4.78, 5) is 0. The molecule has 1 aliphatic rings. The smallest absolute Gasteiger partial charge is 0.121 e. The van der Waals surface area contributed by atoms with Crippen molar-refractivity contribution in [2.45, 2.75) is 38.8 Å². The Morgan fingerprint density at radius 1 is 1.55 bits per heavy atom. The van der Waals surface area contributed by atoms with Crippen molar-refractivity contribution in [3.63, 3.8) is 0 Å². The molecular formula is C9H14FN. The van der Waals surface area contributed by atoms with Gasteiger partial charge in [-0.25, -0.2) is 4.39 Å². The van der Waals surface area contributed by atoms with Crippen molar-refractivity contribution < 1.29 is 4.39 Å². The van der Waals surface area contributed by atoms with Gasteiger partial charge >= 0.3 is 0 Å². The van der Waals surface area contributed by atoms with Crippen LogP contribution >= 0.6 is 0 Å². The van der Waals surface area contributed by atoms with E-state index in [9.17, 15) is 4.39 Å². The first-order valence-electron chi connectivity index (χ1n) is 4.14. The number of alkyl halides is 1.